The molecule has 0 N–H and O–H groups in total. The lowest BCUT2D eigenvalue weighted by molar-refractivity contribution is -0.145. The van der Waals surface area contributed by atoms with E-state index in [0.717, 1.165) is 5.56 Å². The number of methoxy groups -OCH3 is 1. The topological polar surface area (TPSA) is 55.8 Å². The van der Waals surface area contributed by atoms with E-state index in [4.69, 9.17) is 21.1 Å². The van der Waals surface area contributed by atoms with Crippen LogP contribution in [0.15, 0.2) is 24.3 Å². The van der Waals surface area contributed by atoms with Crippen LogP contribution in [0.1, 0.15) is 32.3 Å². The Bertz CT molecular complexity index is 579. The first-order valence-electron chi connectivity index (χ1n) is 7.52. The Labute approximate surface area is 141 Å². The van der Waals surface area contributed by atoms with Gasteiger partial charge in [0.05, 0.1) is 13.0 Å². The Kier molecular flexibility index (Phi) is 5.19. The van der Waals surface area contributed by atoms with Crippen molar-refractivity contribution < 1.29 is 19.1 Å². The first-order chi connectivity index (χ1) is 10.7. The van der Waals surface area contributed by atoms with Crippen LogP contribution >= 0.6 is 11.6 Å². The van der Waals surface area contributed by atoms with E-state index >= 15 is 0 Å². The van der Waals surface area contributed by atoms with Gasteiger partial charge in [0.15, 0.2) is 0 Å². The van der Waals surface area contributed by atoms with E-state index in [-0.39, 0.29) is 18.4 Å². The molecule has 1 aliphatic rings. The third-order valence-electron chi connectivity index (χ3n) is 3.77. The fourth-order valence-electron chi connectivity index (χ4n) is 2.72. The number of nitrogens with zero attached hydrogens (tertiary/aromatic N) is 1. The lowest BCUT2D eigenvalue weighted by Gasteiger charge is -2.24. The van der Waals surface area contributed by atoms with Crippen molar-refractivity contribution in [2.75, 3.05) is 20.2 Å². The monoisotopic (exact) mass is 339 g/mol. The predicted octanol–water partition coefficient (Wildman–Crippen LogP) is 3.46. The summed E-state index contributed by atoms with van der Waals surface area (Å²) in [6, 6.07) is 7.31. The van der Waals surface area contributed by atoms with Gasteiger partial charge in [0.2, 0.25) is 0 Å². The predicted molar refractivity (Wildman–Crippen MR) is 87.5 cm³/mol. The molecule has 1 aromatic carbocycles. The molecule has 1 amide bonds. The van der Waals surface area contributed by atoms with Crippen molar-refractivity contribution in [1.29, 1.82) is 0 Å². The van der Waals surface area contributed by atoms with Gasteiger partial charge in [-0.05, 0) is 38.5 Å². The van der Waals surface area contributed by atoms with Gasteiger partial charge in [-0.15, -0.1) is 0 Å². The Morgan fingerprint density at radius 1 is 1.17 bits per heavy atom. The number of carbonyl (C=O) groups excluding carboxylic acids is 2. The maximum absolute atomic E-state index is 12.3. The minimum absolute atomic E-state index is 0.132. The van der Waals surface area contributed by atoms with E-state index in [1.165, 1.54) is 7.11 Å². The number of esters is 1. The zero-order valence-electron chi connectivity index (χ0n) is 13.8. The molecular weight excluding hydrogens is 318 g/mol. The molecule has 2 unspecified atom stereocenters. The lowest BCUT2D eigenvalue weighted by Crippen LogP contribution is -2.36. The number of likely N-dealkylation sites (tertiary alicyclic amines) is 1. The second kappa shape index (κ2) is 6.79. The minimum Gasteiger partial charge on any atom is -0.469 e. The van der Waals surface area contributed by atoms with Crippen LogP contribution in [0.3, 0.4) is 0 Å². The number of hydrogen-bond acceptors (Lipinski definition) is 4. The molecular formula is C17H22ClNO4. The SMILES string of the molecule is COC(=O)C1CN(C(=O)OC(C)(C)C)CC1c1ccc(Cl)cc1. The largest absolute Gasteiger partial charge is 0.469 e. The molecule has 6 heteroatoms. The van der Waals surface area contributed by atoms with Crippen LogP contribution < -0.4 is 0 Å². The molecule has 1 fully saturated rings. The molecule has 0 aromatic heterocycles. The van der Waals surface area contributed by atoms with Gasteiger partial charge in [0.1, 0.15) is 5.60 Å². The van der Waals surface area contributed by atoms with Crippen molar-refractivity contribution in [2.24, 2.45) is 5.92 Å². The van der Waals surface area contributed by atoms with Crippen LogP contribution in [0.5, 0.6) is 0 Å². The number of benzene rings is 1. The van der Waals surface area contributed by atoms with Gasteiger partial charge in [-0.1, -0.05) is 23.7 Å². The van der Waals surface area contributed by atoms with Gasteiger partial charge >= 0.3 is 12.1 Å². The van der Waals surface area contributed by atoms with Gasteiger partial charge in [-0.25, -0.2) is 4.79 Å². The first kappa shape index (κ1) is 17.6. The fourth-order valence-corrected chi connectivity index (χ4v) is 2.84. The molecule has 0 bridgehead atoms. The smallest absolute Gasteiger partial charge is 0.410 e. The van der Waals surface area contributed by atoms with Crippen molar-refractivity contribution >= 4 is 23.7 Å². The fraction of sp³-hybridized carbons (Fsp3) is 0.529. The van der Waals surface area contributed by atoms with Crippen molar-refractivity contribution in [3.8, 4) is 0 Å². The van der Waals surface area contributed by atoms with E-state index < -0.39 is 17.6 Å². The molecule has 126 valence electrons. The molecule has 1 aromatic rings. The third-order valence-corrected chi connectivity index (χ3v) is 4.03. The Hall–Kier alpha value is -1.75. The summed E-state index contributed by atoms with van der Waals surface area (Å²) in [5.74, 6) is -0.864. The van der Waals surface area contributed by atoms with Gasteiger partial charge in [-0.3, -0.25) is 4.79 Å². The highest BCUT2D eigenvalue weighted by Crippen LogP contribution is 2.34. The average Bonchev–Trinajstić information content (AvgIpc) is 2.91. The molecule has 1 heterocycles. The summed E-state index contributed by atoms with van der Waals surface area (Å²) in [7, 11) is 1.36. The average molecular weight is 340 g/mol. The third kappa shape index (κ3) is 4.38. The quantitative estimate of drug-likeness (QED) is 0.774. The number of ether oxygens (including phenoxy) is 2. The maximum atomic E-state index is 12.3. The summed E-state index contributed by atoms with van der Waals surface area (Å²) in [5.41, 5.74) is 0.381. The standard InChI is InChI=1S/C17H22ClNO4/c1-17(2,3)23-16(21)19-9-13(14(10-19)15(20)22-4)11-5-7-12(18)8-6-11/h5-8,13-14H,9-10H2,1-4H3. The highest BCUT2D eigenvalue weighted by molar-refractivity contribution is 6.30. The van der Waals surface area contributed by atoms with Gasteiger partial charge in [0, 0.05) is 24.0 Å². The van der Waals surface area contributed by atoms with E-state index in [2.05, 4.69) is 0 Å². The molecule has 1 saturated heterocycles. The van der Waals surface area contributed by atoms with E-state index in [1.807, 2.05) is 32.9 Å². The summed E-state index contributed by atoms with van der Waals surface area (Å²) < 4.78 is 10.3. The summed E-state index contributed by atoms with van der Waals surface area (Å²) >= 11 is 5.92. The van der Waals surface area contributed by atoms with E-state index in [0.29, 0.717) is 11.6 Å². The second-order valence-corrected chi connectivity index (χ2v) is 7.11. The molecule has 0 spiro atoms. The second-order valence-electron chi connectivity index (χ2n) is 6.67. The Morgan fingerprint density at radius 2 is 1.78 bits per heavy atom. The zero-order chi connectivity index (χ0) is 17.2. The van der Waals surface area contributed by atoms with Gasteiger partial charge in [0.25, 0.3) is 0 Å². The van der Waals surface area contributed by atoms with Crippen molar-refractivity contribution in [3.05, 3.63) is 34.9 Å². The van der Waals surface area contributed by atoms with Crippen molar-refractivity contribution in [3.63, 3.8) is 0 Å². The lowest BCUT2D eigenvalue weighted by atomic mass is 9.89. The summed E-state index contributed by atoms with van der Waals surface area (Å²) in [6.45, 7) is 6.14. The van der Waals surface area contributed by atoms with Gasteiger partial charge in [-0.2, -0.15) is 0 Å². The van der Waals surface area contributed by atoms with Gasteiger partial charge < -0.3 is 14.4 Å². The Morgan fingerprint density at radius 3 is 2.30 bits per heavy atom. The number of amides is 1. The van der Waals surface area contributed by atoms with Crippen LogP contribution in [-0.4, -0.2) is 42.8 Å². The number of rotatable bonds is 2. The summed E-state index contributed by atoms with van der Waals surface area (Å²) in [4.78, 5) is 25.9. The molecule has 2 rings (SSSR count). The van der Waals surface area contributed by atoms with Crippen LogP contribution in [0.2, 0.25) is 5.02 Å². The Balaban J connectivity index is 2.20. The van der Waals surface area contributed by atoms with Crippen LogP contribution in [-0.2, 0) is 14.3 Å². The summed E-state index contributed by atoms with van der Waals surface area (Å²) in [6.07, 6.45) is -0.414. The highest BCUT2D eigenvalue weighted by atomic mass is 35.5. The molecule has 5 nitrogen and oxygen atoms in total. The number of carbonyl (C=O) groups is 2. The van der Waals surface area contributed by atoms with E-state index in [9.17, 15) is 9.59 Å². The van der Waals surface area contributed by atoms with Crippen molar-refractivity contribution in [1.82, 2.24) is 4.90 Å². The molecule has 0 saturated carbocycles. The zero-order valence-corrected chi connectivity index (χ0v) is 14.6. The minimum atomic E-state index is -0.573. The van der Waals surface area contributed by atoms with Crippen LogP contribution in [0, 0.1) is 5.92 Å². The maximum Gasteiger partial charge on any atom is 0.410 e. The number of halogens is 1. The summed E-state index contributed by atoms with van der Waals surface area (Å²) in [5, 5.41) is 0.630. The highest BCUT2D eigenvalue weighted by Gasteiger charge is 2.42. The normalized spacial score (nSPS) is 21.2. The molecule has 0 radical (unpaired) electrons. The molecule has 23 heavy (non-hydrogen) atoms. The van der Waals surface area contributed by atoms with E-state index in [1.54, 1.807) is 17.0 Å². The number of hydrogen-bond donors (Lipinski definition) is 0. The molecule has 0 aliphatic carbocycles. The van der Waals surface area contributed by atoms with Crippen LogP contribution in [0.4, 0.5) is 4.79 Å². The van der Waals surface area contributed by atoms with Crippen LogP contribution in [0.25, 0.3) is 0 Å². The molecule has 2 atom stereocenters. The molecule has 1 aliphatic heterocycles. The van der Waals surface area contributed by atoms with Crippen molar-refractivity contribution in [2.45, 2.75) is 32.3 Å². The first-order valence-corrected chi connectivity index (χ1v) is 7.90.